The van der Waals surface area contributed by atoms with Crippen molar-refractivity contribution in [3.8, 4) is 5.75 Å². The lowest BCUT2D eigenvalue weighted by atomic mass is 10.1. The van der Waals surface area contributed by atoms with E-state index in [0.717, 1.165) is 10.9 Å². The van der Waals surface area contributed by atoms with Crippen LogP contribution in [-0.2, 0) is 11.3 Å². The SMILES string of the molecule is O=C(Nc1ccc2cccc(O)c2c1)OCc1ccccc1. The van der Waals surface area contributed by atoms with Crippen molar-refractivity contribution in [2.45, 2.75) is 6.61 Å². The zero-order valence-corrected chi connectivity index (χ0v) is 11.8. The summed E-state index contributed by atoms with van der Waals surface area (Å²) in [5.74, 6) is 0.179. The van der Waals surface area contributed by atoms with Gasteiger partial charge in [0.2, 0.25) is 0 Å². The highest BCUT2D eigenvalue weighted by Gasteiger charge is 2.06. The molecule has 0 aliphatic heterocycles. The number of ether oxygens (including phenoxy) is 1. The number of carbonyl (C=O) groups is 1. The van der Waals surface area contributed by atoms with Crippen molar-refractivity contribution < 1.29 is 14.6 Å². The van der Waals surface area contributed by atoms with Gasteiger partial charge in [0, 0.05) is 11.1 Å². The summed E-state index contributed by atoms with van der Waals surface area (Å²) in [6.45, 7) is 0.214. The van der Waals surface area contributed by atoms with E-state index < -0.39 is 6.09 Å². The molecule has 3 rings (SSSR count). The minimum Gasteiger partial charge on any atom is -0.507 e. The second-order valence-corrected chi connectivity index (χ2v) is 4.90. The summed E-state index contributed by atoms with van der Waals surface area (Å²) >= 11 is 0. The molecule has 3 aromatic carbocycles. The van der Waals surface area contributed by atoms with Gasteiger partial charge in [0.15, 0.2) is 0 Å². The molecule has 0 spiro atoms. The van der Waals surface area contributed by atoms with Crippen LogP contribution in [0.3, 0.4) is 0 Å². The minimum atomic E-state index is -0.529. The van der Waals surface area contributed by atoms with E-state index >= 15 is 0 Å². The lowest BCUT2D eigenvalue weighted by molar-refractivity contribution is 0.155. The number of carbonyl (C=O) groups excluding carboxylic acids is 1. The van der Waals surface area contributed by atoms with Crippen molar-refractivity contribution in [3.05, 3.63) is 72.3 Å². The molecule has 0 heterocycles. The van der Waals surface area contributed by atoms with Crippen molar-refractivity contribution in [1.29, 1.82) is 0 Å². The Labute approximate surface area is 128 Å². The number of hydrogen-bond donors (Lipinski definition) is 2. The fourth-order valence-electron chi connectivity index (χ4n) is 2.21. The maximum atomic E-state index is 11.8. The number of nitrogens with one attached hydrogen (secondary N) is 1. The molecular weight excluding hydrogens is 278 g/mol. The first-order chi connectivity index (χ1) is 10.7. The first-order valence-corrected chi connectivity index (χ1v) is 6.92. The number of phenolic OH excluding ortho intramolecular Hbond substituents is 1. The molecule has 2 N–H and O–H groups in total. The second-order valence-electron chi connectivity index (χ2n) is 4.90. The summed E-state index contributed by atoms with van der Waals surface area (Å²) in [4.78, 5) is 11.8. The van der Waals surface area contributed by atoms with E-state index in [1.807, 2.05) is 42.5 Å². The highest BCUT2D eigenvalue weighted by atomic mass is 16.5. The Balaban J connectivity index is 1.67. The topological polar surface area (TPSA) is 58.6 Å². The molecule has 4 heteroatoms. The number of rotatable bonds is 3. The predicted octanol–water partition coefficient (Wildman–Crippen LogP) is 4.29. The normalized spacial score (nSPS) is 10.4. The van der Waals surface area contributed by atoms with Crippen LogP contribution in [-0.4, -0.2) is 11.2 Å². The molecule has 110 valence electrons. The Kier molecular flexibility index (Phi) is 3.92. The molecule has 22 heavy (non-hydrogen) atoms. The standard InChI is InChI=1S/C18H15NO3/c20-17-8-4-7-14-9-10-15(11-16(14)17)19-18(21)22-12-13-5-2-1-3-6-13/h1-11,20H,12H2,(H,19,21). The first kappa shape index (κ1) is 13.9. The van der Waals surface area contributed by atoms with Gasteiger partial charge < -0.3 is 9.84 Å². The Morgan fingerprint density at radius 3 is 2.64 bits per heavy atom. The molecule has 3 aromatic rings. The van der Waals surface area contributed by atoms with Crippen molar-refractivity contribution in [3.63, 3.8) is 0 Å². The summed E-state index contributed by atoms with van der Waals surface area (Å²) in [6, 6.07) is 20.1. The van der Waals surface area contributed by atoms with E-state index in [-0.39, 0.29) is 12.4 Å². The summed E-state index contributed by atoms with van der Waals surface area (Å²) in [6.07, 6.45) is -0.529. The molecule has 0 bridgehead atoms. The molecular formula is C18H15NO3. The smallest absolute Gasteiger partial charge is 0.411 e. The van der Waals surface area contributed by atoms with Gasteiger partial charge in [-0.2, -0.15) is 0 Å². The van der Waals surface area contributed by atoms with E-state index in [4.69, 9.17) is 4.74 Å². The third-order valence-corrected chi connectivity index (χ3v) is 3.32. The van der Waals surface area contributed by atoms with E-state index in [9.17, 15) is 9.90 Å². The Bertz CT molecular complexity index is 800. The lowest BCUT2D eigenvalue weighted by Crippen LogP contribution is -2.13. The van der Waals surface area contributed by atoms with Crippen LogP contribution in [0.25, 0.3) is 10.8 Å². The molecule has 0 aliphatic rings. The van der Waals surface area contributed by atoms with Gasteiger partial charge in [-0.15, -0.1) is 0 Å². The van der Waals surface area contributed by atoms with E-state index in [1.165, 1.54) is 0 Å². The van der Waals surface area contributed by atoms with Crippen LogP contribution >= 0.6 is 0 Å². The van der Waals surface area contributed by atoms with Crippen LogP contribution in [0.4, 0.5) is 10.5 Å². The molecule has 0 saturated carbocycles. The third-order valence-electron chi connectivity index (χ3n) is 3.32. The average Bonchev–Trinajstić information content (AvgIpc) is 2.55. The van der Waals surface area contributed by atoms with Gasteiger partial charge in [0.1, 0.15) is 12.4 Å². The van der Waals surface area contributed by atoms with Gasteiger partial charge in [-0.3, -0.25) is 5.32 Å². The van der Waals surface area contributed by atoms with Crippen LogP contribution in [0.15, 0.2) is 66.7 Å². The molecule has 0 aromatic heterocycles. The first-order valence-electron chi connectivity index (χ1n) is 6.92. The third kappa shape index (κ3) is 3.17. The number of anilines is 1. The van der Waals surface area contributed by atoms with Gasteiger partial charge in [-0.25, -0.2) is 4.79 Å². The van der Waals surface area contributed by atoms with Crippen LogP contribution in [0, 0.1) is 0 Å². The Morgan fingerprint density at radius 1 is 1.00 bits per heavy atom. The summed E-state index contributed by atoms with van der Waals surface area (Å²) in [5.41, 5.74) is 1.50. The van der Waals surface area contributed by atoms with Crippen LogP contribution in [0.5, 0.6) is 5.75 Å². The number of hydrogen-bond acceptors (Lipinski definition) is 3. The summed E-state index contributed by atoms with van der Waals surface area (Å²) in [7, 11) is 0. The molecule has 0 radical (unpaired) electrons. The van der Waals surface area contributed by atoms with Crippen LogP contribution in [0.1, 0.15) is 5.56 Å². The molecule has 0 atom stereocenters. The van der Waals surface area contributed by atoms with Crippen LogP contribution < -0.4 is 5.32 Å². The zero-order chi connectivity index (χ0) is 15.4. The maximum absolute atomic E-state index is 11.8. The average molecular weight is 293 g/mol. The zero-order valence-electron chi connectivity index (χ0n) is 11.8. The molecule has 0 aliphatic carbocycles. The largest absolute Gasteiger partial charge is 0.507 e. The number of amides is 1. The maximum Gasteiger partial charge on any atom is 0.411 e. The highest BCUT2D eigenvalue weighted by Crippen LogP contribution is 2.27. The van der Waals surface area contributed by atoms with Gasteiger partial charge in [0.05, 0.1) is 0 Å². The number of phenols is 1. The quantitative estimate of drug-likeness (QED) is 0.757. The van der Waals surface area contributed by atoms with Crippen molar-refractivity contribution in [1.82, 2.24) is 0 Å². The van der Waals surface area contributed by atoms with Crippen LogP contribution in [0.2, 0.25) is 0 Å². The summed E-state index contributed by atoms with van der Waals surface area (Å²) < 4.78 is 5.16. The van der Waals surface area contributed by atoms with Gasteiger partial charge in [-0.1, -0.05) is 48.5 Å². The van der Waals surface area contributed by atoms with E-state index in [1.54, 1.807) is 24.3 Å². The minimum absolute atomic E-state index is 0.179. The van der Waals surface area contributed by atoms with Gasteiger partial charge >= 0.3 is 6.09 Å². The van der Waals surface area contributed by atoms with Crippen molar-refractivity contribution in [2.24, 2.45) is 0 Å². The fraction of sp³-hybridized carbons (Fsp3) is 0.0556. The number of fused-ring (bicyclic) bond motifs is 1. The molecule has 0 saturated heterocycles. The van der Waals surface area contributed by atoms with Gasteiger partial charge in [-0.05, 0) is 29.1 Å². The highest BCUT2D eigenvalue weighted by molar-refractivity contribution is 5.94. The second kappa shape index (κ2) is 6.18. The number of aromatic hydroxyl groups is 1. The fourth-order valence-corrected chi connectivity index (χ4v) is 2.21. The van der Waals surface area contributed by atoms with Crippen molar-refractivity contribution >= 4 is 22.6 Å². The lowest BCUT2D eigenvalue weighted by Gasteiger charge is -2.08. The Morgan fingerprint density at radius 2 is 1.82 bits per heavy atom. The van der Waals surface area contributed by atoms with Crippen molar-refractivity contribution in [2.75, 3.05) is 5.32 Å². The molecule has 1 amide bonds. The molecule has 0 unspecified atom stereocenters. The number of benzene rings is 3. The molecule has 0 fully saturated rings. The Hall–Kier alpha value is -3.01. The van der Waals surface area contributed by atoms with Gasteiger partial charge in [0.25, 0.3) is 0 Å². The summed E-state index contributed by atoms with van der Waals surface area (Å²) in [5, 5.41) is 14.1. The van der Waals surface area contributed by atoms with E-state index in [0.29, 0.717) is 11.1 Å². The molecule has 4 nitrogen and oxygen atoms in total. The predicted molar refractivity (Wildman–Crippen MR) is 85.9 cm³/mol. The monoisotopic (exact) mass is 293 g/mol. The van der Waals surface area contributed by atoms with E-state index in [2.05, 4.69) is 5.32 Å².